The molecule has 0 aliphatic rings. The topological polar surface area (TPSA) is 38.3 Å². The van der Waals surface area contributed by atoms with Crippen molar-refractivity contribution in [1.82, 2.24) is 5.32 Å². The van der Waals surface area contributed by atoms with Crippen LogP contribution in [0.1, 0.15) is 40.0 Å². The van der Waals surface area contributed by atoms with E-state index in [0.717, 1.165) is 24.6 Å². The highest BCUT2D eigenvalue weighted by Gasteiger charge is 2.17. The number of alkyl halides is 1. The first-order valence-electron chi connectivity index (χ1n) is 5.92. The van der Waals surface area contributed by atoms with Gasteiger partial charge in [-0.2, -0.15) is 0 Å². The van der Waals surface area contributed by atoms with Gasteiger partial charge in [0.2, 0.25) is 5.91 Å². The van der Waals surface area contributed by atoms with Gasteiger partial charge >= 0.3 is 0 Å². The third-order valence-corrected chi connectivity index (χ3v) is 2.89. The Morgan fingerprint density at radius 2 is 2.12 bits per heavy atom. The first-order chi connectivity index (χ1) is 7.52. The summed E-state index contributed by atoms with van der Waals surface area (Å²) in [5.41, 5.74) is 0.161. The van der Waals surface area contributed by atoms with Crippen LogP contribution in [0.2, 0.25) is 0 Å². The molecule has 0 bridgehead atoms. The highest BCUT2D eigenvalue weighted by atomic mass is 79.9. The largest absolute Gasteiger partial charge is 0.372 e. The maximum absolute atomic E-state index is 11.4. The van der Waals surface area contributed by atoms with E-state index < -0.39 is 0 Å². The molecular formula is C12H24BrNO2. The smallest absolute Gasteiger partial charge is 0.246 e. The molecule has 16 heavy (non-hydrogen) atoms. The predicted molar refractivity (Wildman–Crippen MR) is 70.9 cm³/mol. The van der Waals surface area contributed by atoms with Gasteiger partial charge in [0.15, 0.2) is 0 Å². The molecule has 0 atom stereocenters. The molecule has 0 aromatic heterocycles. The van der Waals surface area contributed by atoms with Gasteiger partial charge in [-0.15, -0.1) is 0 Å². The van der Waals surface area contributed by atoms with Gasteiger partial charge in [0.1, 0.15) is 6.61 Å². The number of ether oxygens (including phenoxy) is 1. The third-order valence-electron chi connectivity index (χ3n) is 2.33. The Bertz CT molecular complexity index is 195. The normalized spacial score (nSPS) is 11.5. The van der Waals surface area contributed by atoms with Gasteiger partial charge in [-0.3, -0.25) is 4.79 Å². The summed E-state index contributed by atoms with van der Waals surface area (Å²) in [6.07, 6.45) is 3.19. The van der Waals surface area contributed by atoms with Crippen LogP contribution in [0.5, 0.6) is 0 Å². The Kier molecular flexibility index (Phi) is 8.94. The van der Waals surface area contributed by atoms with Crippen LogP contribution in [0.3, 0.4) is 0 Å². The van der Waals surface area contributed by atoms with Crippen molar-refractivity contribution in [2.24, 2.45) is 5.41 Å². The minimum Gasteiger partial charge on any atom is -0.372 e. The Balaban J connectivity index is 3.64. The maximum atomic E-state index is 11.4. The highest BCUT2D eigenvalue weighted by molar-refractivity contribution is 9.09. The highest BCUT2D eigenvalue weighted by Crippen LogP contribution is 2.21. The van der Waals surface area contributed by atoms with E-state index in [1.165, 1.54) is 0 Å². The monoisotopic (exact) mass is 293 g/mol. The molecule has 0 aliphatic heterocycles. The van der Waals surface area contributed by atoms with Crippen molar-refractivity contribution in [3.05, 3.63) is 0 Å². The summed E-state index contributed by atoms with van der Waals surface area (Å²) in [6, 6.07) is 0. The molecule has 0 rings (SSSR count). The molecule has 0 saturated carbocycles. The Morgan fingerprint density at radius 3 is 2.69 bits per heavy atom. The van der Waals surface area contributed by atoms with E-state index >= 15 is 0 Å². The van der Waals surface area contributed by atoms with Crippen LogP contribution in [-0.4, -0.2) is 31.0 Å². The number of amides is 1. The van der Waals surface area contributed by atoms with Gasteiger partial charge in [0.25, 0.3) is 0 Å². The average Bonchev–Trinajstić information content (AvgIpc) is 2.24. The lowest BCUT2D eigenvalue weighted by molar-refractivity contribution is -0.126. The lowest BCUT2D eigenvalue weighted by Crippen LogP contribution is -2.36. The second-order valence-corrected chi connectivity index (χ2v) is 5.58. The van der Waals surface area contributed by atoms with Crippen molar-refractivity contribution < 1.29 is 9.53 Å². The SMILES string of the molecule is CCCOCC(=O)NCC(C)(C)CCCBr. The molecule has 0 saturated heterocycles. The lowest BCUT2D eigenvalue weighted by atomic mass is 9.88. The minimum absolute atomic E-state index is 0.0135. The molecule has 96 valence electrons. The first-order valence-corrected chi connectivity index (χ1v) is 7.04. The summed E-state index contributed by atoms with van der Waals surface area (Å²) < 4.78 is 5.17. The Labute approximate surface area is 107 Å². The molecule has 0 aromatic rings. The molecule has 0 radical (unpaired) electrons. The van der Waals surface area contributed by atoms with E-state index in [2.05, 4.69) is 35.1 Å². The van der Waals surface area contributed by atoms with Gasteiger partial charge < -0.3 is 10.1 Å². The summed E-state index contributed by atoms with van der Waals surface area (Å²) in [4.78, 5) is 11.4. The van der Waals surface area contributed by atoms with Crippen LogP contribution in [0.15, 0.2) is 0 Å². The fourth-order valence-electron chi connectivity index (χ4n) is 1.33. The number of hydrogen-bond donors (Lipinski definition) is 1. The number of carbonyl (C=O) groups is 1. The molecule has 0 heterocycles. The van der Waals surface area contributed by atoms with Crippen LogP contribution in [0.4, 0.5) is 0 Å². The van der Waals surface area contributed by atoms with Gasteiger partial charge in [-0.05, 0) is 24.7 Å². The third kappa shape index (κ3) is 9.16. The summed E-state index contributed by atoms with van der Waals surface area (Å²) >= 11 is 3.42. The van der Waals surface area contributed by atoms with E-state index in [1.807, 2.05) is 6.92 Å². The second-order valence-electron chi connectivity index (χ2n) is 4.79. The van der Waals surface area contributed by atoms with E-state index in [1.54, 1.807) is 0 Å². The molecule has 0 aromatic carbocycles. The van der Waals surface area contributed by atoms with E-state index in [9.17, 15) is 4.79 Å². The number of halogens is 1. The van der Waals surface area contributed by atoms with Crippen LogP contribution in [0.25, 0.3) is 0 Å². The van der Waals surface area contributed by atoms with E-state index in [-0.39, 0.29) is 17.9 Å². The standard InChI is InChI=1S/C12H24BrNO2/c1-4-8-16-9-11(15)14-10-12(2,3)6-5-7-13/h4-10H2,1-3H3,(H,14,15). The lowest BCUT2D eigenvalue weighted by Gasteiger charge is -2.24. The summed E-state index contributed by atoms with van der Waals surface area (Å²) in [5, 5.41) is 3.93. The number of rotatable bonds is 9. The quantitative estimate of drug-likeness (QED) is 0.524. The van der Waals surface area contributed by atoms with Crippen molar-refractivity contribution in [1.29, 1.82) is 0 Å². The zero-order valence-corrected chi connectivity index (χ0v) is 12.2. The minimum atomic E-state index is -0.0135. The van der Waals surface area contributed by atoms with Crippen molar-refractivity contribution in [3.8, 4) is 0 Å². The first kappa shape index (κ1) is 15.9. The molecule has 0 spiro atoms. The zero-order chi connectivity index (χ0) is 12.4. The van der Waals surface area contributed by atoms with Crippen molar-refractivity contribution >= 4 is 21.8 Å². The number of nitrogens with one attached hydrogen (secondary N) is 1. The number of carbonyl (C=O) groups excluding carboxylic acids is 1. The summed E-state index contributed by atoms with van der Waals surface area (Å²) in [6.45, 7) is 7.92. The fraction of sp³-hybridized carbons (Fsp3) is 0.917. The van der Waals surface area contributed by atoms with Crippen LogP contribution in [-0.2, 0) is 9.53 Å². The molecule has 4 heteroatoms. The van der Waals surface area contributed by atoms with Crippen molar-refractivity contribution in [3.63, 3.8) is 0 Å². The summed E-state index contributed by atoms with van der Waals surface area (Å²) in [5.74, 6) is -0.0135. The van der Waals surface area contributed by atoms with Gasteiger partial charge in [-0.25, -0.2) is 0 Å². The predicted octanol–water partition coefficient (Wildman–Crippen LogP) is 2.73. The molecule has 1 amide bonds. The fourth-order valence-corrected chi connectivity index (χ4v) is 1.61. The number of hydrogen-bond acceptors (Lipinski definition) is 2. The second kappa shape index (κ2) is 8.99. The molecule has 0 unspecified atom stereocenters. The Hall–Kier alpha value is -0.0900. The Morgan fingerprint density at radius 1 is 1.44 bits per heavy atom. The molecular weight excluding hydrogens is 270 g/mol. The molecule has 1 N–H and O–H groups in total. The van der Waals surface area contributed by atoms with Crippen LogP contribution < -0.4 is 5.32 Å². The van der Waals surface area contributed by atoms with Gasteiger partial charge in [-0.1, -0.05) is 36.7 Å². The summed E-state index contributed by atoms with van der Waals surface area (Å²) in [7, 11) is 0. The van der Waals surface area contributed by atoms with Crippen molar-refractivity contribution in [2.45, 2.75) is 40.0 Å². The van der Waals surface area contributed by atoms with E-state index in [0.29, 0.717) is 13.2 Å². The molecule has 3 nitrogen and oxygen atoms in total. The molecule has 0 fully saturated rings. The van der Waals surface area contributed by atoms with Crippen LogP contribution >= 0.6 is 15.9 Å². The van der Waals surface area contributed by atoms with Crippen LogP contribution in [0, 0.1) is 5.41 Å². The maximum Gasteiger partial charge on any atom is 0.246 e. The van der Waals surface area contributed by atoms with Gasteiger partial charge in [0, 0.05) is 18.5 Å². The zero-order valence-electron chi connectivity index (χ0n) is 10.6. The average molecular weight is 294 g/mol. The molecule has 0 aliphatic carbocycles. The van der Waals surface area contributed by atoms with Crippen molar-refractivity contribution in [2.75, 3.05) is 25.1 Å². The van der Waals surface area contributed by atoms with E-state index in [4.69, 9.17) is 4.74 Å². The van der Waals surface area contributed by atoms with Gasteiger partial charge in [0.05, 0.1) is 0 Å².